The first-order valence-electron chi connectivity index (χ1n) is 9.53. The number of carbonyl (C=O) groups is 2. The van der Waals surface area contributed by atoms with E-state index in [0.29, 0.717) is 27.4 Å². The van der Waals surface area contributed by atoms with Gasteiger partial charge in [-0.2, -0.15) is 0 Å². The van der Waals surface area contributed by atoms with E-state index in [1.54, 1.807) is 48.9 Å². The van der Waals surface area contributed by atoms with Crippen LogP contribution in [0, 0.1) is 6.92 Å². The van der Waals surface area contributed by atoms with Crippen LogP contribution in [0.4, 0.5) is 4.79 Å². The zero-order valence-corrected chi connectivity index (χ0v) is 19.2. The van der Waals surface area contributed by atoms with Crippen molar-refractivity contribution in [2.75, 3.05) is 7.11 Å². The average Bonchev–Trinajstić information content (AvgIpc) is 3.16. The quantitative estimate of drug-likeness (QED) is 0.478. The predicted molar refractivity (Wildman–Crippen MR) is 121 cm³/mol. The molecule has 3 N–H and O–H groups in total. The highest BCUT2D eigenvalue weighted by Crippen LogP contribution is 2.29. The standard InChI is InChI=1S/C21H22ClN5O4S/c1-12-4-5-14(10-17(12)22)27-18(11-31-16-8-6-15(30-3)7-9-16)25-26-21(27)32-13(2)19(28)24-20(23)29/h4-10,13H,11H2,1-3H3,(H3,23,24,28,29). The lowest BCUT2D eigenvalue weighted by atomic mass is 10.2. The first-order valence-corrected chi connectivity index (χ1v) is 10.8. The van der Waals surface area contributed by atoms with Gasteiger partial charge in [0.05, 0.1) is 18.0 Å². The van der Waals surface area contributed by atoms with Crippen LogP contribution in [-0.2, 0) is 11.4 Å². The molecule has 1 unspecified atom stereocenters. The van der Waals surface area contributed by atoms with Crippen molar-refractivity contribution in [1.29, 1.82) is 0 Å². The minimum Gasteiger partial charge on any atom is -0.497 e. The van der Waals surface area contributed by atoms with Gasteiger partial charge in [0, 0.05) is 5.02 Å². The highest BCUT2D eigenvalue weighted by atomic mass is 35.5. The molecule has 9 nitrogen and oxygen atoms in total. The summed E-state index contributed by atoms with van der Waals surface area (Å²) < 4.78 is 12.8. The Balaban J connectivity index is 1.89. The van der Waals surface area contributed by atoms with Gasteiger partial charge in [-0.1, -0.05) is 29.4 Å². The van der Waals surface area contributed by atoms with Crippen LogP contribution < -0.4 is 20.5 Å². The molecule has 3 rings (SSSR count). The van der Waals surface area contributed by atoms with E-state index in [2.05, 4.69) is 15.5 Å². The van der Waals surface area contributed by atoms with Crippen LogP contribution in [-0.4, -0.2) is 39.1 Å². The lowest BCUT2D eigenvalue weighted by molar-refractivity contribution is -0.119. The van der Waals surface area contributed by atoms with Gasteiger partial charge in [-0.15, -0.1) is 10.2 Å². The second-order valence-corrected chi connectivity index (χ2v) is 8.46. The van der Waals surface area contributed by atoms with Crippen molar-refractivity contribution in [2.45, 2.75) is 30.9 Å². The number of hydrogen-bond acceptors (Lipinski definition) is 7. The number of hydrogen-bond donors (Lipinski definition) is 2. The molecule has 0 aliphatic heterocycles. The van der Waals surface area contributed by atoms with Crippen molar-refractivity contribution in [1.82, 2.24) is 20.1 Å². The lowest BCUT2D eigenvalue weighted by Gasteiger charge is -2.14. The number of methoxy groups -OCH3 is 1. The number of primary amides is 1. The van der Waals surface area contributed by atoms with Crippen molar-refractivity contribution < 1.29 is 19.1 Å². The number of rotatable bonds is 8. The number of thioether (sulfide) groups is 1. The van der Waals surface area contributed by atoms with Gasteiger partial charge in [-0.05, 0) is 55.8 Å². The number of nitrogens with zero attached hydrogens (tertiary/aromatic N) is 3. The van der Waals surface area contributed by atoms with Crippen LogP contribution in [0.15, 0.2) is 47.6 Å². The highest BCUT2D eigenvalue weighted by molar-refractivity contribution is 8.00. The van der Waals surface area contributed by atoms with Gasteiger partial charge in [-0.3, -0.25) is 14.7 Å². The number of amides is 3. The van der Waals surface area contributed by atoms with Gasteiger partial charge in [0.1, 0.15) is 18.1 Å². The molecule has 32 heavy (non-hydrogen) atoms. The van der Waals surface area contributed by atoms with Crippen molar-refractivity contribution in [2.24, 2.45) is 5.73 Å². The largest absolute Gasteiger partial charge is 0.497 e. The molecule has 0 saturated carbocycles. The van der Waals surface area contributed by atoms with Crippen LogP contribution in [0.1, 0.15) is 18.3 Å². The Labute approximate surface area is 194 Å². The van der Waals surface area contributed by atoms with E-state index < -0.39 is 17.2 Å². The summed E-state index contributed by atoms with van der Waals surface area (Å²) in [7, 11) is 1.59. The molecule has 1 atom stereocenters. The Bertz CT molecular complexity index is 1120. The Morgan fingerprint density at radius 2 is 1.88 bits per heavy atom. The number of benzene rings is 2. The van der Waals surface area contributed by atoms with Crippen molar-refractivity contribution >= 4 is 35.3 Å². The van der Waals surface area contributed by atoms with Gasteiger partial charge < -0.3 is 15.2 Å². The van der Waals surface area contributed by atoms with Crippen LogP contribution >= 0.6 is 23.4 Å². The molecule has 11 heteroatoms. The maximum atomic E-state index is 12.1. The Kier molecular flexibility index (Phi) is 7.60. The number of nitrogens with one attached hydrogen (secondary N) is 1. The van der Waals surface area contributed by atoms with Crippen LogP contribution in [0.25, 0.3) is 5.69 Å². The third-order valence-corrected chi connectivity index (χ3v) is 5.89. The number of carbonyl (C=O) groups excluding carboxylic acids is 2. The summed E-state index contributed by atoms with van der Waals surface area (Å²) >= 11 is 7.46. The monoisotopic (exact) mass is 475 g/mol. The number of nitrogens with two attached hydrogens (primary N) is 1. The summed E-state index contributed by atoms with van der Waals surface area (Å²) in [6, 6.07) is 11.8. The second kappa shape index (κ2) is 10.4. The molecule has 168 valence electrons. The van der Waals surface area contributed by atoms with Crippen molar-refractivity contribution in [3.63, 3.8) is 0 Å². The Morgan fingerprint density at radius 1 is 1.19 bits per heavy atom. The van der Waals surface area contributed by atoms with Gasteiger partial charge in [0.2, 0.25) is 5.91 Å². The molecule has 1 heterocycles. The summed E-state index contributed by atoms with van der Waals surface area (Å²) in [5.41, 5.74) is 6.67. The van der Waals surface area contributed by atoms with Crippen molar-refractivity contribution in [3.8, 4) is 17.2 Å². The Morgan fingerprint density at radius 3 is 2.50 bits per heavy atom. The van der Waals surface area contributed by atoms with Gasteiger partial charge in [0.25, 0.3) is 0 Å². The van der Waals surface area contributed by atoms with Gasteiger partial charge in [-0.25, -0.2) is 4.79 Å². The molecule has 3 aromatic rings. The van der Waals surface area contributed by atoms with Crippen LogP contribution in [0.3, 0.4) is 0 Å². The number of ether oxygens (including phenoxy) is 2. The van der Waals surface area contributed by atoms with Crippen LogP contribution in [0.2, 0.25) is 5.02 Å². The van der Waals surface area contributed by atoms with E-state index >= 15 is 0 Å². The fraction of sp³-hybridized carbons (Fsp3) is 0.238. The van der Waals surface area contributed by atoms with Crippen LogP contribution in [0.5, 0.6) is 11.5 Å². The predicted octanol–water partition coefficient (Wildman–Crippen LogP) is 3.49. The molecule has 0 saturated heterocycles. The number of aromatic nitrogens is 3. The number of urea groups is 1. The lowest BCUT2D eigenvalue weighted by Crippen LogP contribution is -2.39. The average molecular weight is 476 g/mol. The molecular formula is C21H22ClN5O4S. The first kappa shape index (κ1) is 23.4. The third-order valence-electron chi connectivity index (χ3n) is 4.44. The second-order valence-electron chi connectivity index (χ2n) is 6.75. The first-order chi connectivity index (χ1) is 15.3. The van der Waals surface area contributed by atoms with E-state index in [0.717, 1.165) is 23.1 Å². The summed E-state index contributed by atoms with van der Waals surface area (Å²) in [6.45, 7) is 3.66. The third kappa shape index (κ3) is 5.71. The van der Waals surface area contributed by atoms with E-state index in [9.17, 15) is 9.59 Å². The molecular weight excluding hydrogens is 454 g/mol. The van der Waals surface area contributed by atoms with Gasteiger partial charge >= 0.3 is 6.03 Å². The van der Waals surface area contributed by atoms with E-state index in [1.807, 2.05) is 19.1 Å². The molecule has 3 amide bonds. The van der Waals surface area contributed by atoms with Gasteiger partial charge in [0.15, 0.2) is 11.0 Å². The maximum absolute atomic E-state index is 12.1. The molecule has 0 radical (unpaired) electrons. The fourth-order valence-electron chi connectivity index (χ4n) is 2.70. The zero-order chi connectivity index (χ0) is 23.3. The minimum absolute atomic E-state index is 0.118. The summed E-state index contributed by atoms with van der Waals surface area (Å²) in [5.74, 6) is 1.32. The molecule has 0 bridgehead atoms. The molecule has 2 aromatic carbocycles. The maximum Gasteiger partial charge on any atom is 0.318 e. The summed E-state index contributed by atoms with van der Waals surface area (Å²) in [5, 5.41) is 10.9. The van der Waals surface area contributed by atoms with E-state index in [4.69, 9.17) is 26.8 Å². The van der Waals surface area contributed by atoms with Crippen molar-refractivity contribution in [3.05, 3.63) is 58.9 Å². The topological polar surface area (TPSA) is 121 Å². The minimum atomic E-state index is -0.914. The zero-order valence-electron chi connectivity index (χ0n) is 17.7. The molecule has 1 aromatic heterocycles. The molecule has 0 aliphatic rings. The molecule has 0 spiro atoms. The number of aryl methyl sites for hydroxylation is 1. The molecule has 0 aliphatic carbocycles. The molecule has 0 fully saturated rings. The fourth-order valence-corrected chi connectivity index (χ4v) is 3.77. The number of halogens is 1. The van der Waals surface area contributed by atoms with E-state index in [-0.39, 0.29) is 6.61 Å². The summed E-state index contributed by atoms with van der Waals surface area (Å²) in [6.07, 6.45) is 0. The Hall–Kier alpha value is -3.24. The van der Waals surface area contributed by atoms with E-state index in [1.165, 1.54) is 0 Å². The SMILES string of the molecule is COc1ccc(OCc2nnc(SC(C)C(=O)NC(N)=O)n2-c2ccc(C)c(Cl)c2)cc1. The summed E-state index contributed by atoms with van der Waals surface area (Å²) in [4.78, 5) is 23.1. The smallest absolute Gasteiger partial charge is 0.318 e. The normalized spacial score (nSPS) is 11.6. The number of imide groups is 1. The highest BCUT2D eigenvalue weighted by Gasteiger charge is 2.22.